The third kappa shape index (κ3) is 3.23. The summed E-state index contributed by atoms with van der Waals surface area (Å²) in [5, 5.41) is 4.98. The Kier molecular flexibility index (Phi) is 4.62. The molecule has 0 saturated carbocycles. The molecule has 0 saturated heterocycles. The summed E-state index contributed by atoms with van der Waals surface area (Å²) in [5.41, 5.74) is 1.33. The smallest absolute Gasteiger partial charge is 0.317 e. The van der Waals surface area contributed by atoms with E-state index in [1.807, 2.05) is 6.92 Å². The van der Waals surface area contributed by atoms with Gasteiger partial charge < -0.3 is 10.2 Å². The quantitative estimate of drug-likeness (QED) is 0.840. The molecular weight excluding hydrogens is 208 g/mol. The summed E-state index contributed by atoms with van der Waals surface area (Å²) >= 11 is 1.70. The minimum atomic E-state index is -0.00652. The second-order valence-corrected chi connectivity index (χ2v) is 4.40. The zero-order valence-electron chi connectivity index (χ0n) is 9.54. The molecule has 3 nitrogen and oxygen atoms in total. The Morgan fingerprint density at radius 2 is 2.27 bits per heavy atom. The van der Waals surface area contributed by atoms with Crippen LogP contribution in [-0.4, -0.2) is 24.5 Å². The summed E-state index contributed by atoms with van der Waals surface area (Å²) in [7, 11) is 1.80. The number of carbonyl (C=O) groups is 1. The van der Waals surface area contributed by atoms with Crippen molar-refractivity contribution in [1.82, 2.24) is 10.2 Å². The zero-order valence-corrected chi connectivity index (χ0v) is 10.4. The van der Waals surface area contributed by atoms with Crippen molar-refractivity contribution in [3.63, 3.8) is 0 Å². The number of hydrogen-bond acceptors (Lipinski definition) is 2. The number of nitrogens with zero attached hydrogens (tertiary/aromatic N) is 1. The van der Waals surface area contributed by atoms with E-state index in [0.29, 0.717) is 6.54 Å². The van der Waals surface area contributed by atoms with E-state index in [9.17, 15) is 4.79 Å². The van der Waals surface area contributed by atoms with E-state index in [1.165, 1.54) is 10.4 Å². The number of carbonyl (C=O) groups excluding carboxylic acids is 1. The molecule has 0 aliphatic rings. The first-order valence-electron chi connectivity index (χ1n) is 5.23. The Bertz CT molecular complexity index is 322. The van der Waals surface area contributed by atoms with Crippen molar-refractivity contribution in [1.29, 1.82) is 0 Å². The molecule has 15 heavy (non-hydrogen) atoms. The molecule has 1 N–H and O–H groups in total. The lowest BCUT2D eigenvalue weighted by Crippen LogP contribution is -2.36. The molecular formula is C11H18N2OS. The molecule has 1 aromatic rings. The van der Waals surface area contributed by atoms with Crippen molar-refractivity contribution in [2.45, 2.75) is 26.8 Å². The van der Waals surface area contributed by atoms with Crippen LogP contribution in [0.15, 0.2) is 11.4 Å². The van der Waals surface area contributed by atoms with Crippen LogP contribution in [0.5, 0.6) is 0 Å². The maximum absolute atomic E-state index is 11.5. The van der Waals surface area contributed by atoms with Gasteiger partial charge in [0.25, 0.3) is 0 Å². The molecule has 0 spiro atoms. The normalized spacial score (nSPS) is 10.1. The largest absolute Gasteiger partial charge is 0.333 e. The second kappa shape index (κ2) is 5.75. The first-order chi connectivity index (χ1) is 7.19. The minimum Gasteiger partial charge on any atom is -0.333 e. The molecule has 0 bridgehead atoms. The van der Waals surface area contributed by atoms with Crippen LogP contribution in [0.1, 0.15) is 24.3 Å². The number of urea groups is 1. The van der Waals surface area contributed by atoms with E-state index in [0.717, 1.165) is 13.0 Å². The van der Waals surface area contributed by atoms with Crippen molar-refractivity contribution in [2.24, 2.45) is 0 Å². The highest BCUT2D eigenvalue weighted by molar-refractivity contribution is 7.10. The van der Waals surface area contributed by atoms with Gasteiger partial charge in [0.15, 0.2) is 0 Å². The predicted molar refractivity (Wildman–Crippen MR) is 64.2 cm³/mol. The number of aryl methyl sites for hydroxylation is 1. The van der Waals surface area contributed by atoms with E-state index in [-0.39, 0.29) is 6.03 Å². The van der Waals surface area contributed by atoms with Gasteiger partial charge >= 0.3 is 6.03 Å². The van der Waals surface area contributed by atoms with Crippen molar-refractivity contribution < 1.29 is 4.79 Å². The van der Waals surface area contributed by atoms with Crippen LogP contribution in [0, 0.1) is 0 Å². The van der Waals surface area contributed by atoms with Gasteiger partial charge in [-0.15, -0.1) is 11.3 Å². The lowest BCUT2D eigenvalue weighted by molar-refractivity contribution is 0.210. The third-order valence-electron chi connectivity index (χ3n) is 2.44. The zero-order chi connectivity index (χ0) is 11.3. The summed E-state index contributed by atoms with van der Waals surface area (Å²) < 4.78 is 0. The molecule has 0 atom stereocenters. The van der Waals surface area contributed by atoms with Crippen LogP contribution >= 0.6 is 11.3 Å². The summed E-state index contributed by atoms with van der Waals surface area (Å²) in [6.07, 6.45) is 1.03. The van der Waals surface area contributed by atoms with Crippen LogP contribution in [0.2, 0.25) is 0 Å². The fraction of sp³-hybridized carbons (Fsp3) is 0.545. The number of hydrogen-bond donors (Lipinski definition) is 1. The Morgan fingerprint density at radius 3 is 2.87 bits per heavy atom. The fourth-order valence-electron chi connectivity index (χ4n) is 1.27. The van der Waals surface area contributed by atoms with Crippen molar-refractivity contribution in [2.75, 3.05) is 13.6 Å². The van der Waals surface area contributed by atoms with E-state index >= 15 is 0 Å². The van der Waals surface area contributed by atoms with Crippen LogP contribution in [0.4, 0.5) is 4.79 Å². The standard InChI is InChI=1S/C11H18N2OS/c1-4-9-6-7-15-10(9)8-12-11(14)13(3)5-2/h6-7H,4-5,8H2,1-3H3,(H,12,14). The maximum atomic E-state index is 11.5. The molecule has 1 aromatic heterocycles. The van der Waals surface area contributed by atoms with Crippen molar-refractivity contribution >= 4 is 17.4 Å². The van der Waals surface area contributed by atoms with Gasteiger partial charge in [-0.05, 0) is 30.4 Å². The summed E-state index contributed by atoms with van der Waals surface area (Å²) in [6, 6.07) is 2.11. The predicted octanol–water partition coefficient (Wildman–Crippen LogP) is 2.47. The highest BCUT2D eigenvalue weighted by Gasteiger charge is 2.07. The van der Waals surface area contributed by atoms with Gasteiger partial charge in [0.05, 0.1) is 6.54 Å². The average molecular weight is 226 g/mol. The molecule has 2 amide bonds. The Morgan fingerprint density at radius 1 is 1.53 bits per heavy atom. The molecule has 1 rings (SSSR count). The van der Waals surface area contributed by atoms with Crippen LogP contribution in [0.25, 0.3) is 0 Å². The van der Waals surface area contributed by atoms with Crippen LogP contribution in [0.3, 0.4) is 0 Å². The highest BCUT2D eigenvalue weighted by atomic mass is 32.1. The summed E-state index contributed by atoms with van der Waals surface area (Å²) in [6.45, 7) is 5.47. The van der Waals surface area contributed by atoms with E-state index in [2.05, 4.69) is 23.7 Å². The molecule has 4 heteroatoms. The number of amides is 2. The maximum Gasteiger partial charge on any atom is 0.317 e. The number of nitrogens with one attached hydrogen (secondary N) is 1. The average Bonchev–Trinajstić information content (AvgIpc) is 2.71. The van der Waals surface area contributed by atoms with E-state index in [4.69, 9.17) is 0 Å². The lowest BCUT2D eigenvalue weighted by Gasteiger charge is -2.15. The van der Waals surface area contributed by atoms with Gasteiger partial charge in [-0.1, -0.05) is 6.92 Å². The van der Waals surface area contributed by atoms with E-state index in [1.54, 1.807) is 23.3 Å². The summed E-state index contributed by atoms with van der Waals surface area (Å²) in [5.74, 6) is 0. The lowest BCUT2D eigenvalue weighted by atomic mass is 10.2. The first-order valence-corrected chi connectivity index (χ1v) is 6.11. The molecule has 0 aromatic carbocycles. The number of thiophene rings is 1. The Hall–Kier alpha value is -1.03. The molecule has 0 aliphatic carbocycles. The highest BCUT2D eigenvalue weighted by Crippen LogP contribution is 2.16. The molecule has 84 valence electrons. The monoisotopic (exact) mass is 226 g/mol. The van der Waals surface area contributed by atoms with Crippen molar-refractivity contribution in [3.05, 3.63) is 21.9 Å². The van der Waals surface area contributed by atoms with Crippen LogP contribution in [-0.2, 0) is 13.0 Å². The van der Waals surface area contributed by atoms with Gasteiger partial charge in [0.2, 0.25) is 0 Å². The second-order valence-electron chi connectivity index (χ2n) is 3.40. The SMILES string of the molecule is CCc1ccsc1CNC(=O)N(C)CC. The number of rotatable bonds is 4. The Balaban J connectivity index is 2.47. The molecule has 0 aliphatic heterocycles. The molecule has 0 unspecified atom stereocenters. The topological polar surface area (TPSA) is 32.3 Å². The minimum absolute atomic E-state index is 0.00652. The molecule has 1 heterocycles. The van der Waals surface area contributed by atoms with Crippen LogP contribution < -0.4 is 5.32 Å². The molecule has 0 fully saturated rings. The fourth-order valence-corrected chi connectivity index (χ4v) is 2.19. The van der Waals surface area contributed by atoms with Crippen molar-refractivity contribution in [3.8, 4) is 0 Å². The molecule has 0 radical (unpaired) electrons. The van der Waals surface area contributed by atoms with Gasteiger partial charge in [-0.3, -0.25) is 0 Å². The Labute approximate surface area is 95.1 Å². The van der Waals surface area contributed by atoms with Gasteiger partial charge in [0, 0.05) is 18.5 Å². The third-order valence-corrected chi connectivity index (χ3v) is 3.40. The van der Waals surface area contributed by atoms with E-state index < -0.39 is 0 Å². The summed E-state index contributed by atoms with van der Waals surface area (Å²) in [4.78, 5) is 14.4. The van der Waals surface area contributed by atoms with Gasteiger partial charge in [-0.2, -0.15) is 0 Å². The van der Waals surface area contributed by atoms with Gasteiger partial charge in [-0.25, -0.2) is 4.79 Å². The van der Waals surface area contributed by atoms with Gasteiger partial charge in [0.1, 0.15) is 0 Å². The first kappa shape index (κ1) is 12.0.